The zero-order valence-corrected chi connectivity index (χ0v) is 11.6. The van der Waals surface area contributed by atoms with Gasteiger partial charge in [0.25, 0.3) is 0 Å². The van der Waals surface area contributed by atoms with E-state index in [9.17, 15) is 9.59 Å². The Balaban J connectivity index is 2.02. The van der Waals surface area contributed by atoms with Gasteiger partial charge in [0.15, 0.2) is 6.04 Å². The van der Waals surface area contributed by atoms with Gasteiger partial charge in [-0.15, -0.1) is 11.3 Å². The molecular formula is C13H17NO4S. The fourth-order valence-corrected chi connectivity index (χ4v) is 3.01. The van der Waals surface area contributed by atoms with Gasteiger partial charge >= 0.3 is 5.97 Å². The van der Waals surface area contributed by atoms with Gasteiger partial charge in [0.1, 0.15) is 0 Å². The minimum atomic E-state index is -1.00. The first-order valence-electron chi connectivity index (χ1n) is 6.23. The summed E-state index contributed by atoms with van der Waals surface area (Å²) in [7, 11) is 0. The lowest BCUT2D eigenvalue weighted by atomic mass is 10.0. The highest BCUT2D eigenvalue weighted by Crippen LogP contribution is 2.18. The van der Waals surface area contributed by atoms with E-state index in [2.05, 4.69) is 0 Å². The Morgan fingerprint density at radius 2 is 2.42 bits per heavy atom. The molecule has 1 aliphatic heterocycles. The van der Waals surface area contributed by atoms with Crippen molar-refractivity contribution in [2.75, 3.05) is 19.8 Å². The molecule has 0 unspecified atom stereocenters. The van der Waals surface area contributed by atoms with Crippen LogP contribution >= 0.6 is 11.3 Å². The molecule has 2 rings (SSSR count). The molecule has 0 saturated carbocycles. The number of amides is 1. The summed E-state index contributed by atoms with van der Waals surface area (Å²) in [6, 6.07) is 3.08. The normalized spacial score (nSPS) is 21.1. The number of nitrogens with zero attached hydrogens (tertiary/aromatic N) is 1. The highest BCUT2D eigenvalue weighted by atomic mass is 32.1. The molecule has 2 atom stereocenters. The standard InChI is InChI=1S/C13H17NO4S/c1-9(7-10-3-2-6-19-10)12(15)14-4-5-18-8-11(14)13(16)17/h2-3,6,9,11H,4-5,7-8H2,1H3,(H,16,17)/t9-,11-/m0/s1. The number of hydrogen-bond donors (Lipinski definition) is 1. The van der Waals surface area contributed by atoms with Crippen molar-refractivity contribution < 1.29 is 19.4 Å². The number of thiophene rings is 1. The van der Waals surface area contributed by atoms with Crippen LogP contribution in [0.25, 0.3) is 0 Å². The first-order valence-corrected chi connectivity index (χ1v) is 7.11. The molecule has 5 nitrogen and oxygen atoms in total. The first kappa shape index (κ1) is 14.0. The van der Waals surface area contributed by atoms with Gasteiger partial charge in [-0.25, -0.2) is 4.79 Å². The second-order valence-electron chi connectivity index (χ2n) is 4.65. The molecule has 1 fully saturated rings. The Hall–Kier alpha value is -1.40. The summed E-state index contributed by atoms with van der Waals surface area (Å²) in [6.45, 7) is 2.68. The van der Waals surface area contributed by atoms with Crippen LogP contribution in [-0.2, 0) is 20.7 Å². The van der Waals surface area contributed by atoms with Crippen molar-refractivity contribution in [3.8, 4) is 0 Å². The van der Waals surface area contributed by atoms with Crippen LogP contribution in [0.3, 0.4) is 0 Å². The van der Waals surface area contributed by atoms with E-state index in [1.54, 1.807) is 11.3 Å². The fraction of sp³-hybridized carbons (Fsp3) is 0.538. The molecule has 0 spiro atoms. The summed E-state index contributed by atoms with van der Waals surface area (Å²) in [5.74, 6) is -1.32. The van der Waals surface area contributed by atoms with E-state index in [1.807, 2.05) is 24.4 Å². The molecule has 1 aromatic heterocycles. The lowest BCUT2D eigenvalue weighted by Gasteiger charge is -2.34. The molecule has 0 radical (unpaired) electrons. The van der Waals surface area contributed by atoms with E-state index in [-0.39, 0.29) is 18.4 Å². The predicted octanol–water partition coefficient (Wildman–Crippen LogP) is 1.24. The molecule has 1 amide bonds. The maximum atomic E-state index is 12.4. The summed E-state index contributed by atoms with van der Waals surface area (Å²) < 4.78 is 5.14. The highest BCUT2D eigenvalue weighted by Gasteiger charge is 2.34. The van der Waals surface area contributed by atoms with Gasteiger partial charge in [0, 0.05) is 17.3 Å². The molecule has 1 aromatic rings. The first-order chi connectivity index (χ1) is 9.09. The van der Waals surface area contributed by atoms with E-state index in [1.165, 1.54) is 4.90 Å². The van der Waals surface area contributed by atoms with Gasteiger partial charge in [-0.05, 0) is 17.9 Å². The second kappa shape index (κ2) is 6.16. The summed E-state index contributed by atoms with van der Waals surface area (Å²) >= 11 is 1.61. The van der Waals surface area contributed by atoms with Gasteiger partial charge in [0.05, 0.1) is 13.2 Å². The monoisotopic (exact) mass is 283 g/mol. The smallest absolute Gasteiger partial charge is 0.328 e. The molecular weight excluding hydrogens is 266 g/mol. The Bertz CT molecular complexity index is 446. The SMILES string of the molecule is C[C@@H](Cc1cccs1)C(=O)N1CCOC[C@H]1C(=O)O. The van der Waals surface area contributed by atoms with Crippen molar-refractivity contribution in [2.24, 2.45) is 5.92 Å². The highest BCUT2D eigenvalue weighted by molar-refractivity contribution is 7.09. The third kappa shape index (κ3) is 3.33. The molecule has 19 heavy (non-hydrogen) atoms. The van der Waals surface area contributed by atoms with Crippen LogP contribution < -0.4 is 0 Å². The van der Waals surface area contributed by atoms with Crippen LogP contribution in [0.15, 0.2) is 17.5 Å². The number of carbonyl (C=O) groups excluding carboxylic acids is 1. The largest absolute Gasteiger partial charge is 0.480 e. The van der Waals surface area contributed by atoms with Crippen LogP contribution in [-0.4, -0.2) is 47.7 Å². The number of ether oxygens (including phenoxy) is 1. The number of rotatable bonds is 4. The summed E-state index contributed by atoms with van der Waals surface area (Å²) in [5, 5.41) is 11.1. The van der Waals surface area contributed by atoms with Crippen molar-refractivity contribution >= 4 is 23.2 Å². The Labute approximate surface area is 115 Å². The number of carboxylic acid groups (broad SMARTS) is 1. The predicted molar refractivity (Wildman–Crippen MR) is 71.1 cm³/mol. The number of aliphatic carboxylic acids is 1. The average molecular weight is 283 g/mol. The van der Waals surface area contributed by atoms with E-state index in [4.69, 9.17) is 9.84 Å². The molecule has 1 aliphatic rings. The van der Waals surface area contributed by atoms with E-state index >= 15 is 0 Å². The third-order valence-corrected chi connectivity index (χ3v) is 4.10. The molecule has 0 bridgehead atoms. The number of hydrogen-bond acceptors (Lipinski definition) is 4. The van der Waals surface area contributed by atoms with Crippen molar-refractivity contribution in [3.63, 3.8) is 0 Å². The summed E-state index contributed by atoms with van der Waals surface area (Å²) in [6.07, 6.45) is 0.653. The molecule has 6 heteroatoms. The van der Waals surface area contributed by atoms with E-state index in [0.717, 1.165) is 4.88 Å². The molecule has 0 aromatic carbocycles. The van der Waals surface area contributed by atoms with E-state index in [0.29, 0.717) is 19.6 Å². The summed E-state index contributed by atoms with van der Waals surface area (Å²) in [4.78, 5) is 26.1. The van der Waals surface area contributed by atoms with Crippen LogP contribution in [0.1, 0.15) is 11.8 Å². The van der Waals surface area contributed by atoms with Crippen molar-refractivity contribution in [2.45, 2.75) is 19.4 Å². The number of morpholine rings is 1. The number of carboxylic acids is 1. The van der Waals surface area contributed by atoms with Crippen molar-refractivity contribution in [1.29, 1.82) is 0 Å². The average Bonchev–Trinajstić information content (AvgIpc) is 2.90. The van der Waals surface area contributed by atoms with Crippen LogP contribution in [0.5, 0.6) is 0 Å². The molecule has 2 heterocycles. The zero-order chi connectivity index (χ0) is 13.8. The van der Waals surface area contributed by atoms with Crippen LogP contribution in [0, 0.1) is 5.92 Å². The van der Waals surface area contributed by atoms with Gasteiger partial charge in [-0.2, -0.15) is 0 Å². The molecule has 1 saturated heterocycles. The minimum Gasteiger partial charge on any atom is -0.480 e. The lowest BCUT2D eigenvalue weighted by Crippen LogP contribution is -2.54. The van der Waals surface area contributed by atoms with Crippen LogP contribution in [0.4, 0.5) is 0 Å². The number of carbonyl (C=O) groups is 2. The Morgan fingerprint density at radius 3 is 3.05 bits per heavy atom. The van der Waals surface area contributed by atoms with Crippen LogP contribution in [0.2, 0.25) is 0 Å². The minimum absolute atomic E-state index is 0.0762. The van der Waals surface area contributed by atoms with Gasteiger partial charge in [-0.3, -0.25) is 4.79 Å². The molecule has 1 N–H and O–H groups in total. The Morgan fingerprint density at radius 1 is 1.63 bits per heavy atom. The van der Waals surface area contributed by atoms with Crippen molar-refractivity contribution in [1.82, 2.24) is 4.90 Å². The third-order valence-electron chi connectivity index (χ3n) is 3.21. The Kier molecular flexibility index (Phi) is 4.55. The van der Waals surface area contributed by atoms with Crippen molar-refractivity contribution in [3.05, 3.63) is 22.4 Å². The van der Waals surface area contributed by atoms with E-state index < -0.39 is 12.0 Å². The summed E-state index contributed by atoms with van der Waals surface area (Å²) in [5.41, 5.74) is 0. The molecule has 0 aliphatic carbocycles. The molecule has 104 valence electrons. The second-order valence-corrected chi connectivity index (χ2v) is 5.68. The zero-order valence-electron chi connectivity index (χ0n) is 10.7. The van der Waals surface area contributed by atoms with Gasteiger partial charge in [-0.1, -0.05) is 13.0 Å². The maximum absolute atomic E-state index is 12.4. The van der Waals surface area contributed by atoms with Gasteiger partial charge in [0.2, 0.25) is 5.91 Å². The topological polar surface area (TPSA) is 66.8 Å². The van der Waals surface area contributed by atoms with Gasteiger partial charge < -0.3 is 14.7 Å². The maximum Gasteiger partial charge on any atom is 0.328 e. The lowest BCUT2D eigenvalue weighted by molar-refractivity contribution is -0.160. The quantitative estimate of drug-likeness (QED) is 0.903. The fourth-order valence-electron chi connectivity index (χ4n) is 2.17.